The van der Waals surface area contributed by atoms with Crippen molar-refractivity contribution in [3.8, 4) is 0 Å². The maximum Gasteiger partial charge on any atom is 0.166 e. The Morgan fingerprint density at radius 3 is 2.50 bits per heavy atom. The fourth-order valence-corrected chi connectivity index (χ4v) is 1.06. The summed E-state index contributed by atoms with van der Waals surface area (Å²) in [5.41, 5.74) is 1.30. The van der Waals surface area contributed by atoms with Gasteiger partial charge in [0.05, 0.1) is 0 Å². The third-order valence-electron chi connectivity index (χ3n) is 2.03. The van der Waals surface area contributed by atoms with Crippen LogP contribution in [0.1, 0.15) is 13.8 Å². The SMILES string of the molecule is C=CC[N+](C)(F)C(=C)/C(C)=C/C=C\C. The second-order valence-corrected chi connectivity index (χ2v) is 3.36. The van der Waals surface area contributed by atoms with Gasteiger partial charge in [0.15, 0.2) is 5.70 Å². The highest BCUT2D eigenvalue weighted by Crippen LogP contribution is 2.21. The molecule has 0 amide bonds. The summed E-state index contributed by atoms with van der Waals surface area (Å²) in [5, 5.41) is 0. The second-order valence-electron chi connectivity index (χ2n) is 3.36. The van der Waals surface area contributed by atoms with Gasteiger partial charge in [-0.2, -0.15) is 0 Å². The smallest absolute Gasteiger partial charge is 0.0975 e. The summed E-state index contributed by atoms with van der Waals surface area (Å²) < 4.78 is 13.1. The molecule has 78 valence electrons. The molecule has 0 aromatic rings. The summed E-state index contributed by atoms with van der Waals surface area (Å²) in [7, 11) is 1.47. The standard InChI is InChI=1S/C12H19FN/c1-6-8-9-11(3)12(4)14(5,13)10-7-2/h6-9H,2,4,10H2,1,3,5H3/q+1/b8-6-,11-9+. The van der Waals surface area contributed by atoms with Crippen LogP contribution in [-0.4, -0.2) is 18.3 Å². The van der Waals surface area contributed by atoms with Crippen molar-refractivity contribution in [1.82, 2.24) is 0 Å². The Morgan fingerprint density at radius 2 is 2.07 bits per heavy atom. The topological polar surface area (TPSA) is 0 Å². The largest absolute Gasteiger partial charge is 0.166 e. The number of halogens is 1. The molecule has 0 N–H and O–H groups in total. The molecule has 0 aliphatic rings. The van der Waals surface area contributed by atoms with Crippen molar-refractivity contribution in [2.24, 2.45) is 0 Å². The fourth-order valence-electron chi connectivity index (χ4n) is 1.06. The van der Waals surface area contributed by atoms with Gasteiger partial charge in [0.2, 0.25) is 0 Å². The van der Waals surface area contributed by atoms with E-state index in [1.54, 1.807) is 6.08 Å². The first-order valence-corrected chi connectivity index (χ1v) is 4.61. The van der Waals surface area contributed by atoms with Gasteiger partial charge in [-0.3, -0.25) is 0 Å². The van der Waals surface area contributed by atoms with Crippen LogP contribution in [0.15, 0.2) is 48.7 Å². The zero-order valence-corrected chi connectivity index (χ0v) is 9.26. The summed E-state index contributed by atoms with van der Waals surface area (Å²) in [5.74, 6) is 0. The molecule has 0 aliphatic carbocycles. The van der Waals surface area contributed by atoms with Crippen LogP contribution in [0, 0.1) is 0 Å². The van der Waals surface area contributed by atoms with Crippen LogP contribution in [0.25, 0.3) is 0 Å². The fraction of sp³-hybridized carbons (Fsp3) is 0.333. The van der Waals surface area contributed by atoms with Gasteiger partial charge in [-0.25, -0.2) is 0 Å². The number of rotatable bonds is 5. The number of hydrogen-bond donors (Lipinski definition) is 0. The third kappa shape index (κ3) is 3.71. The van der Waals surface area contributed by atoms with Gasteiger partial charge >= 0.3 is 0 Å². The highest BCUT2D eigenvalue weighted by atomic mass is 19.2. The lowest BCUT2D eigenvalue weighted by Gasteiger charge is -2.21. The maximum absolute atomic E-state index is 13.9. The van der Waals surface area contributed by atoms with Crippen molar-refractivity contribution in [3.63, 3.8) is 0 Å². The third-order valence-corrected chi connectivity index (χ3v) is 2.03. The van der Waals surface area contributed by atoms with Gasteiger partial charge in [-0.05, 0) is 26.5 Å². The minimum Gasteiger partial charge on any atom is -0.0975 e. The Bertz CT molecular complexity index is 272. The molecule has 0 fully saturated rings. The van der Waals surface area contributed by atoms with E-state index in [1.807, 2.05) is 32.1 Å². The van der Waals surface area contributed by atoms with Gasteiger partial charge in [-0.1, -0.05) is 29.5 Å². The van der Waals surface area contributed by atoms with Gasteiger partial charge < -0.3 is 0 Å². The highest BCUT2D eigenvalue weighted by molar-refractivity contribution is 5.24. The van der Waals surface area contributed by atoms with E-state index < -0.39 is 4.71 Å². The molecular formula is C12H19FN+. The number of hydrogen-bond acceptors (Lipinski definition) is 0. The monoisotopic (exact) mass is 196 g/mol. The van der Waals surface area contributed by atoms with Crippen molar-refractivity contribution >= 4 is 0 Å². The van der Waals surface area contributed by atoms with Crippen LogP contribution in [-0.2, 0) is 0 Å². The molecule has 1 unspecified atom stereocenters. The van der Waals surface area contributed by atoms with Crippen LogP contribution in [0.3, 0.4) is 0 Å². The van der Waals surface area contributed by atoms with E-state index in [1.165, 1.54) is 7.05 Å². The molecular weight excluding hydrogens is 177 g/mol. The highest BCUT2D eigenvalue weighted by Gasteiger charge is 2.26. The molecule has 0 heterocycles. The molecule has 2 heteroatoms. The summed E-state index contributed by atoms with van der Waals surface area (Å²) in [6.07, 6.45) is 7.16. The van der Waals surface area contributed by atoms with Gasteiger partial charge in [0.25, 0.3) is 0 Å². The van der Waals surface area contributed by atoms with E-state index in [9.17, 15) is 4.48 Å². The van der Waals surface area contributed by atoms with Gasteiger partial charge in [-0.15, -0.1) is 0 Å². The Balaban J connectivity index is 4.68. The Hall–Kier alpha value is -1.15. The summed E-state index contributed by atoms with van der Waals surface area (Å²) in [6, 6.07) is 0. The molecule has 1 atom stereocenters. The van der Waals surface area contributed by atoms with Gasteiger partial charge in [0.1, 0.15) is 13.6 Å². The van der Waals surface area contributed by atoms with Crippen molar-refractivity contribution in [2.75, 3.05) is 13.6 Å². The summed E-state index contributed by atoms with van der Waals surface area (Å²) in [6.45, 7) is 11.3. The van der Waals surface area contributed by atoms with E-state index in [0.29, 0.717) is 5.70 Å². The first-order chi connectivity index (χ1) is 6.45. The van der Waals surface area contributed by atoms with Crippen LogP contribution >= 0.6 is 0 Å². The zero-order valence-electron chi connectivity index (χ0n) is 9.26. The van der Waals surface area contributed by atoms with Crippen LogP contribution in [0.4, 0.5) is 4.48 Å². The van der Waals surface area contributed by atoms with E-state index in [-0.39, 0.29) is 6.54 Å². The number of allylic oxidation sites excluding steroid dienone is 4. The Labute approximate surface area is 86.1 Å². The lowest BCUT2D eigenvalue weighted by Crippen LogP contribution is -2.33. The van der Waals surface area contributed by atoms with Crippen molar-refractivity contribution < 1.29 is 9.19 Å². The average Bonchev–Trinajstić information content (AvgIpc) is 2.12. The quantitative estimate of drug-likeness (QED) is 0.358. The van der Waals surface area contributed by atoms with E-state index in [2.05, 4.69) is 13.2 Å². The number of likely N-dealkylation sites (N-methyl/N-ethyl adjacent to an activating group) is 1. The predicted molar refractivity (Wildman–Crippen MR) is 60.1 cm³/mol. The second kappa shape index (κ2) is 5.55. The molecule has 0 aromatic carbocycles. The molecule has 14 heavy (non-hydrogen) atoms. The predicted octanol–water partition coefficient (Wildman–Crippen LogP) is 3.54. The maximum atomic E-state index is 13.9. The minimum absolute atomic E-state index is 0.236. The molecule has 0 saturated heterocycles. The normalized spacial score (nSPS) is 16.7. The van der Waals surface area contributed by atoms with E-state index in [4.69, 9.17) is 0 Å². The zero-order chi connectivity index (χ0) is 11.2. The van der Waals surface area contributed by atoms with Crippen LogP contribution < -0.4 is 0 Å². The lowest BCUT2D eigenvalue weighted by molar-refractivity contribution is -1.00. The van der Waals surface area contributed by atoms with Crippen LogP contribution in [0.2, 0.25) is 0 Å². The summed E-state index contributed by atoms with van der Waals surface area (Å²) >= 11 is 0. The van der Waals surface area contributed by atoms with Crippen molar-refractivity contribution in [3.05, 3.63) is 48.7 Å². The van der Waals surface area contributed by atoms with Crippen molar-refractivity contribution in [2.45, 2.75) is 13.8 Å². The van der Waals surface area contributed by atoms with Crippen LogP contribution in [0.5, 0.6) is 0 Å². The molecule has 0 aliphatic heterocycles. The van der Waals surface area contributed by atoms with Crippen molar-refractivity contribution in [1.29, 1.82) is 0 Å². The van der Waals surface area contributed by atoms with E-state index in [0.717, 1.165) is 5.57 Å². The Morgan fingerprint density at radius 1 is 1.50 bits per heavy atom. The molecule has 0 radical (unpaired) electrons. The Kier molecular flexibility index (Phi) is 5.10. The minimum atomic E-state index is -0.733. The molecule has 0 rings (SSSR count). The first-order valence-electron chi connectivity index (χ1n) is 4.61. The van der Waals surface area contributed by atoms with Gasteiger partial charge in [0, 0.05) is 10.1 Å². The average molecular weight is 196 g/mol. The first kappa shape index (κ1) is 12.8. The molecule has 0 spiro atoms. The van der Waals surface area contributed by atoms with E-state index >= 15 is 0 Å². The number of quaternary nitrogens is 1. The number of nitrogens with zero attached hydrogens (tertiary/aromatic N) is 1. The summed E-state index contributed by atoms with van der Waals surface area (Å²) in [4.78, 5) is 0. The molecule has 0 saturated carbocycles. The molecule has 0 bridgehead atoms. The molecule has 1 nitrogen and oxygen atoms in total. The lowest BCUT2D eigenvalue weighted by atomic mass is 10.2. The molecule has 0 aromatic heterocycles.